The molecule has 1 unspecified atom stereocenters. The monoisotopic (exact) mass is 399 g/mol. The molecule has 2 saturated heterocycles. The molecule has 0 radical (unpaired) electrons. The summed E-state index contributed by atoms with van der Waals surface area (Å²) in [6, 6.07) is 0.0750. The highest BCUT2D eigenvalue weighted by Gasteiger charge is 2.33. The van der Waals surface area contributed by atoms with E-state index in [4.69, 9.17) is 10.3 Å². The van der Waals surface area contributed by atoms with Gasteiger partial charge in [-0.05, 0) is 51.1 Å². The van der Waals surface area contributed by atoms with E-state index in [1.54, 1.807) is 0 Å². The Morgan fingerprint density at radius 3 is 2.67 bits per heavy atom. The maximum absolute atomic E-state index is 11.9. The fourth-order valence-corrected chi connectivity index (χ4v) is 4.38. The first kappa shape index (κ1) is 22.0. The van der Waals surface area contributed by atoms with Gasteiger partial charge < -0.3 is 15.2 Å². The molecule has 27 heavy (non-hydrogen) atoms. The molecule has 2 amide bonds. The van der Waals surface area contributed by atoms with E-state index in [2.05, 4.69) is 22.0 Å². The Bertz CT molecular complexity index is 574. The number of amides is 2. The lowest BCUT2D eigenvalue weighted by Crippen LogP contribution is -2.49. The quantitative estimate of drug-likeness (QED) is 0.792. The second-order valence-corrected chi connectivity index (χ2v) is 7.77. The van der Waals surface area contributed by atoms with Crippen molar-refractivity contribution in [3.63, 3.8) is 0 Å². The highest BCUT2D eigenvalue weighted by atomic mass is 35.5. The van der Waals surface area contributed by atoms with E-state index in [1.165, 1.54) is 12.8 Å². The molecule has 7 nitrogen and oxygen atoms in total. The molecule has 3 rings (SSSR count). The Morgan fingerprint density at radius 1 is 1.19 bits per heavy atom. The van der Waals surface area contributed by atoms with Gasteiger partial charge in [0.15, 0.2) is 5.82 Å². The molecular weight excluding hydrogens is 366 g/mol. The number of carbonyl (C=O) groups is 1. The van der Waals surface area contributed by atoms with Crippen LogP contribution in [0.15, 0.2) is 4.52 Å². The number of carbonyl (C=O) groups excluding carboxylic acids is 1. The number of halogens is 1. The number of unbranched alkanes of at least 4 members (excludes halogenated alkanes) is 1. The average Bonchev–Trinajstić information content (AvgIpc) is 2.93. The van der Waals surface area contributed by atoms with Gasteiger partial charge in [0.1, 0.15) is 0 Å². The van der Waals surface area contributed by atoms with Crippen LogP contribution in [0.4, 0.5) is 4.79 Å². The van der Waals surface area contributed by atoms with E-state index in [9.17, 15) is 4.79 Å². The molecule has 1 atom stereocenters. The van der Waals surface area contributed by atoms with Gasteiger partial charge in [-0.15, -0.1) is 12.4 Å². The van der Waals surface area contributed by atoms with Crippen molar-refractivity contribution in [2.75, 3.05) is 19.6 Å². The van der Waals surface area contributed by atoms with Crippen molar-refractivity contribution in [1.29, 1.82) is 0 Å². The minimum atomic E-state index is -0.246. The zero-order valence-electron chi connectivity index (χ0n) is 16.4. The maximum Gasteiger partial charge on any atom is 0.315 e. The number of aromatic nitrogens is 2. The normalized spacial score (nSPS) is 22.3. The molecule has 2 N–H and O–H groups in total. The predicted molar refractivity (Wildman–Crippen MR) is 107 cm³/mol. The summed E-state index contributed by atoms with van der Waals surface area (Å²) in [5.74, 6) is 2.11. The largest absolute Gasteiger partial charge is 0.351 e. The third-order valence-corrected chi connectivity index (χ3v) is 5.88. The number of likely N-dealkylation sites (tertiary alicyclic amines) is 2. The van der Waals surface area contributed by atoms with Crippen LogP contribution in [0.3, 0.4) is 0 Å². The van der Waals surface area contributed by atoms with Crippen LogP contribution in [0, 0.1) is 5.92 Å². The summed E-state index contributed by atoms with van der Waals surface area (Å²) in [7, 11) is 0. The van der Waals surface area contributed by atoms with Crippen molar-refractivity contribution in [1.82, 2.24) is 19.9 Å². The number of rotatable bonds is 6. The average molecular weight is 400 g/mol. The summed E-state index contributed by atoms with van der Waals surface area (Å²) >= 11 is 0. The molecule has 2 fully saturated rings. The number of aryl methyl sites for hydroxylation is 1. The summed E-state index contributed by atoms with van der Waals surface area (Å²) in [6.45, 7) is 5.75. The standard InChI is InChI=1S/C19H33N5O2.ClH/c1-2-3-8-17-21-18(26-22-17)14-23-12-9-15(10-13-23)16-7-5-4-6-11-24(16)19(20)25;/h15-16H,2-14H2,1H3,(H2,20,25);1H. The van der Waals surface area contributed by atoms with Crippen LogP contribution in [-0.2, 0) is 13.0 Å². The number of hydrogen-bond donors (Lipinski definition) is 1. The van der Waals surface area contributed by atoms with E-state index in [0.29, 0.717) is 12.0 Å². The summed E-state index contributed by atoms with van der Waals surface area (Å²) in [6.07, 6.45) is 9.92. The van der Waals surface area contributed by atoms with Gasteiger partial charge in [-0.3, -0.25) is 4.90 Å². The molecular formula is C19H34ClN5O2. The zero-order valence-corrected chi connectivity index (χ0v) is 17.3. The van der Waals surface area contributed by atoms with Crippen LogP contribution in [-0.4, -0.2) is 51.6 Å². The molecule has 8 heteroatoms. The minimum absolute atomic E-state index is 0. The highest BCUT2D eigenvalue weighted by molar-refractivity contribution is 5.85. The number of nitrogens with zero attached hydrogens (tertiary/aromatic N) is 4. The Labute approximate surface area is 168 Å². The summed E-state index contributed by atoms with van der Waals surface area (Å²) < 4.78 is 5.40. The molecule has 0 aliphatic carbocycles. The molecule has 2 aliphatic heterocycles. The van der Waals surface area contributed by atoms with Gasteiger partial charge in [-0.25, -0.2) is 4.79 Å². The maximum atomic E-state index is 11.9. The highest BCUT2D eigenvalue weighted by Crippen LogP contribution is 2.30. The van der Waals surface area contributed by atoms with Crippen LogP contribution in [0.1, 0.15) is 70.0 Å². The fraction of sp³-hybridized carbons (Fsp3) is 0.842. The third-order valence-electron chi connectivity index (χ3n) is 5.88. The van der Waals surface area contributed by atoms with E-state index in [1.807, 2.05) is 4.90 Å². The van der Waals surface area contributed by atoms with Crippen molar-refractivity contribution in [2.45, 2.75) is 77.3 Å². The molecule has 3 heterocycles. The van der Waals surface area contributed by atoms with Crippen LogP contribution >= 0.6 is 12.4 Å². The van der Waals surface area contributed by atoms with Crippen molar-refractivity contribution in [3.8, 4) is 0 Å². The van der Waals surface area contributed by atoms with Crippen molar-refractivity contribution < 1.29 is 9.32 Å². The van der Waals surface area contributed by atoms with Crippen LogP contribution in [0.5, 0.6) is 0 Å². The van der Waals surface area contributed by atoms with Crippen molar-refractivity contribution in [2.24, 2.45) is 11.7 Å². The number of piperidine rings is 1. The third kappa shape index (κ3) is 6.07. The van der Waals surface area contributed by atoms with Crippen LogP contribution in [0.25, 0.3) is 0 Å². The molecule has 154 valence electrons. The topological polar surface area (TPSA) is 88.5 Å². The Hall–Kier alpha value is -1.34. The number of urea groups is 1. The van der Waals surface area contributed by atoms with Gasteiger partial charge in [0.25, 0.3) is 0 Å². The second kappa shape index (κ2) is 10.9. The fourth-order valence-electron chi connectivity index (χ4n) is 4.38. The van der Waals surface area contributed by atoms with Gasteiger partial charge in [-0.2, -0.15) is 4.98 Å². The lowest BCUT2D eigenvalue weighted by molar-refractivity contribution is 0.0962. The van der Waals surface area contributed by atoms with Crippen LogP contribution < -0.4 is 5.73 Å². The zero-order chi connectivity index (χ0) is 18.4. The second-order valence-electron chi connectivity index (χ2n) is 7.77. The molecule has 0 bridgehead atoms. The van der Waals surface area contributed by atoms with E-state index in [0.717, 1.165) is 82.8 Å². The van der Waals surface area contributed by atoms with E-state index in [-0.39, 0.29) is 18.4 Å². The van der Waals surface area contributed by atoms with Gasteiger partial charge in [0.2, 0.25) is 5.89 Å². The molecule has 1 aromatic rings. The van der Waals surface area contributed by atoms with Gasteiger partial charge >= 0.3 is 6.03 Å². The Balaban J connectivity index is 0.00000261. The molecule has 0 spiro atoms. The first-order chi connectivity index (χ1) is 12.7. The predicted octanol–water partition coefficient (Wildman–Crippen LogP) is 3.37. The number of primary amides is 1. The van der Waals surface area contributed by atoms with Gasteiger partial charge in [-0.1, -0.05) is 31.3 Å². The van der Waals surface area contributed by atoms with Crippen molar-refractivity contribution >= 4 is 18.4 Å². The first-order valence-corrected chi connectivity index (χ1v) is 10.3. The molecule has 1 aromatic heterocycles. The Morgan fingerprint density at radius 2 is 1.96 bits per heavy atom. The summed E-state index contributed by atoms with van der Waals surface area (Å²) in [5, 5.41) is 4.08. The van der Waals surface area contributed by atoms with E-state index < -0.39 is 0 Å². The van der Waals surface area contributed by atoms with Gasteiger partial charge in [0, 0.05) is 19.0 Å². The molecule has 0 aromatic carbocycles. The Kier molecular flexibility index (Phi) is 8.83. The van der Waals surface area contributed by atoms with Crippen LogP contribution in [0.2, 0.25) is 0 Å². The lowest BCUT2D eigenvalue weighted by Gasteiger charge is -2.39. The van der Waals surface area contributed by atoms with Crippen molar-refractivity contribution in [3.05, 3.63) is 11.7 Å². The lowest BCUT2D eigenvalue weighted by atomic mass is 9.86. The first-order valence-electron chi connectivity index (χ1n) is 10.3. The van der Waals surface area contributed by atoms with Gasteiger partial charge in [0.05, 0.1) is 6.54 Å². The smallest absolute Gasteiger partial charge is 0.315 e. The van der Waals surface area contributed by atoms with E-state index >= 15 is 0 Å². The minimum Gasteiger partial charge on any atom is -0.351 e. The summed E-state index contributed by atoms with van der Waals surface area (Å²) in [4.78, 5) is 20.7. The number of hydrogen-bond acceptors (Lipinski definition) is 5. The molecule has 2 aliphatic rings. The summed E-state index contributed by atoms with van der Waals surface area (Å²) in [5.41, 5.74) is 5.65. The SMILES string of the molecule is CCCCc1noc(CN2CCC(C3CCCCCN3C(N)=O)CC2)n1.Cl. The number of nitrogens with two attached hydrogens (primary N) is 1. The molecule has 0 saturated carbocycles.